The number of halogens is 3. The molecular formula is C25H34F3N3O2S. The molecule has 0 heterocycles. The zero-order valence-electron chi connectivity index (χ0n) is 20.4. The molecule has 188 valence electrons. The fourth-order valence-corrected chi connectivity index (χ4v) is 4.39. The summed E-state index contributed by atoms with van der Waals surface area (Å²) < 4.78 is 46.7. The summed E-state index contributed by atoms with van der Waals surface area (Å²) in [6, 6.07) is 8.43. The maximum absolute atomic E-state index is 13.6. The lowest BCUT2D eigenvalue weighted by Crippen LogP contribution is -2.11. The molecule has 0 amide bonds. The molecule has 1 aliphatic rings. The van der Waals surface area contributed by atoms with Crippen molar-refractivity contribution in [1.82, 2.24) is 4.90 Å². The van der Waals surface area contributed by atoms with Gasteiger partial charge in [0.2, 0.25) is 0 Å². The van der Waals surface area contributed by atoms with Crippen molar-refractivity contribution in [3.05, 3.63) is 58.4 Å². The van der Waals surface area contributed by atoms with E-state index in [9.17, 15) is 18.0 Å². The van der Waals surface area contributed by atoms with E-state index in [0.717, 1.165) is 47.9 Å². The van der Waals surface area contributed by atoms with Crippen molar-refractivity contribution in [2.45, 2.75) is 63.0 Å². The largest absolute Gasteiger partial charge is 0.435 e. The lowest BCUT2D eigenvalue weighted by atomic mass is 9.89. The molecule has 1 unspecified atom stereocenters. The number of alkyl halides is 2. The lowest BCUT2D eigenvalue weighted by Gasteiger charge is -2.18. The van der Waals surface area contributed by atoms with E-state index in [0.29, 0.717) is 17.2 Å². The highest BCUT2D eigenvalue weighted by atomic mass is 32.2. The van der Waals surface area contributed by atoms with E-state index in [2.05, 4.69) is 9.10 Å². The number of carbonyl (C=O) groups excluding carboxylic acids is 1. The van der Waals surface area contributed by atoms with Gasteiger partial charge in [0.1, 0.15) is 17.9 Å². The summed E-state index contributed by atoms with van der Waals surface area (Å²) in [4.78, 5) is 13.3. The number of hydrogen-bond acceptors (Lipinski definition) is 4. The van der Waals surface area contributed by atoms with Crippen LogP contribution in [-0.4, -0.2) is 38.9 Å². The monoisotopic (exact) mass is 497 g/mol. The first-order valence-electron chi connectivity index (χ1n) is 11.1. The Morgan fingerprint density at radius 2 is 1.91 bits per heavy atom. The molecular weight excluding hydrogens is 463 g/mol. The van der Waals surface area contributed by atoms with Gasteiger partial charge in [0.15, 0.2) is 0 Å². The van der Waals surface area contributed by atoms with Crippen LogP contribution >= 0.6 is 0 Å². The van der Waals surface area contributed by atoms with Gasteiger partial charge in [-0.1, -0.05) is 19.9 Å². The van der Waals surface area contributed by atoms with Gasteiger partial charge in [0.05, 0.1) is 4.90 Å². The summed E-state index contributed by atoms with van der Waals surface area (Å²) in [6.45, 7) is 1.89. The molecule has 0 aliphatic heterocycles. The standard InChI is InChI=1S/C15H18F2O2.C10H16FN3S/c1-9(2)13-7-11(19-15(16)17)8-14(10-3-4-10)12(13)5-6-18;1-13-15(12)10-5-4-8(6-9(10)11)7-14(2)3/h6-10,15H,3-5H2,1-2H3;4-6H,7H2,1-3H3,(H2,12,13). The topological polar surface area (TPSA) is 67.9 Å². The number of aldehydes is 1. The summed E-state index contributed by atoms with van der Waals surface area (Å²) in [5, 5.41) is 5.66. The molecule has 5 nitrogen and oxygen atoms in total. The number of hydrogen-bond donors (Lipinski definition) is 1. The average Bonchev–Trinajstić information content (AvgIpc) is 3.59. The van der Waals surface area contributed by atoms with Gasteiger partial charge in [-0.15, -0.1) is 0 Å². The number of nitrogens with zero attached hydrogens (tertiary/aromatic N) is 2. The van der Waals surface area contributed by atoms with Crippen LogP contribution in [0.5, 0.6) is 5.75 Å². The summed E-state index contributed by atoms with van der Waals surface area (Å²) >= 11 is 0. The Morgan fingerprint density at radius 3 is 2.38 bits per heavy atom. The Bertz CT molecular complexity index is 986. The summed E-state index contributed by atoms with van der Waals surface area (Å²) in [5.41, 5.74) is 3.88. The SMILES string of the molecule is CC(C)c1cc(OC(F)F)cc(C2CC2)c1CC=O.CN=S(N)c1ccc(CN(C)C)cc1F. The van der Waals surface area contributed by atoms with Gasteiger partial charge in [-0.3, -0.25) is 5.14 Å². The normalized spacial score (nSPS) is 14.4. The smallest absolute Gasteiger partial charge is 0.387 e. The quantitative estimate of drug-likeness (QED) is 0.459. The van der Waals surface area contributed by atoms with Crippen LogP contribution < -0.4 is 9.88 Å². The van der Waals surface area contributed by atoms with Crippen molar-refractivity contribution in [3.63, 3.8) is 0 Å². The molecule has 1 atom stereocenters. The molecule has 0 saturated heterocycles. The second-order valence-corrected chi connectivity index (χ2v) is 10.2. The van der Waals surface area contributed by atoms with E-state index in [4.69, 9.17) is 5.14 Å². The summed E-state index contributed by atoms with van der Waals surface area (Å²) in [5.74, 6) is 0.503. The zero-order valence-corrected chi connectivity index (χ0v) is 21.2. The van der Waals surface area contributed by atoms with Crippen molar-refractivity contribution >= 4 is 17.2 Å². The highest BCUT2D eigenvalue weighted by molar-refractivity contribution is 7.85. The van der Waals surface area contributed by atoms with Crippen LogP contribution in [0.15, 0.2) is 39.6 Å². The molecule has 0 spiro atoms. The second kappa shape index (κ2) is 13.0. The summed E-state index contributed by atoms with van der Waals surface area (Å²) in [6.07, 6.45) is 3.33. The van der Waals surface area contributed by atoms with Crippen LogP contribution in [0, 0.1) is 5.82 Å². The van der Waals surface area contributed by atoms with Crippen LogP contribution in [-0.2, 0) is 28.6 Å². The van der Waals surface area contributed by atoms with E-state index < -0.39 is 17.5 Å². The average molecular weight is 498 g/mol. The van der Waals surface area contributed by atoms with Crippen molar-refractivity contribution in [1.29, 1.82) is 0 Å². The van der Waals surface area contributed by atoms with Crippen LogP contribution in [0.1, 0.15) is 60.8 Å². The minimum atomic E-state index is -2.82. The van der Waals surface area contributed by atoms with Gasteiger partial charge in [0, 0.05) is 20.0 Å². The third-order valence-electron chi connectivity index (χ3n) is 5.36. The third-order valence-corrected chi connectivity index (χ3v) is 6.54. The molecule has 2 aromatic rings. The van der Waals surface area contributed by atoms with Gasteiger partial charge in [-0.25, -0.2) is 8.75 Å². The lowest BCUT2D eigenvalue weighted by molar-refractivity contribution is -0.107. The number of benzene rings is 2. The Labute approximate surface area is 202 Å². The van der Waals surface area contributed by atoms with Gasteiger partial charge >= 0.3 is 6.61 Å². The van der Waals surface area contributed by atoms with Gasteiger partial charge < -0.3 is 14.4 Å². The van der Waals surface area contributed by atoms with E-state index in [1.807, 2.05) is 38.9 Å². The van der Waals surface area contributed by atoms with Crippen molar-refractivity contribution in [3.8, 4) is 5.75 Å². The van der Waals surface area contributed by atoms with Gasteiger partial charge in [0.25, 0.3) is 0 Å². The van der Waals surface area contributed by atoms with Crippen LogP contribution in [0.3, 0.4) is 0 Å². The highest BCUT2D eigenvalue weighted by Crippen LogP contribution is 2.45. The fraction of sp³-hybridized carbons (Fsp3) is 0.480. The third kappa shape index (κ3) is 8.21. The van der Waals surface area contributed by atoms with E-state index in [-0.39, 0.29) is 17.5 Å². The maximum Gasteiger partial charge on any atom is 0.387 e. The Balaban J connectivity index is 0.000000248. The molecule has 3 rings (SSSR count). The van der Waals surface area contributed by atoms with Crippen molar-refractivity contribution in [2.24, 2.45) is 9.50 Å². The first-order chi connectivity index (χ1) is 16.1. The molecule has 2 N–H and O–H groups in total. The Morgan fingerprint density at radius 1 is 1.24 bits per heavy atom. The van der Waals surface area contributed by atoms with Crippen LogP contribution in [0.25, 0.3) is 0 Å². The summed E-state index contributed by atoms with van der Waals surface area (Å²) in [7, 11) is 4.65. The number of rotatable bonds is 9. The molecule has 1 saturated carbocycles. The molecule has 0 aromatic heterocycles. The fourth-order valence-electron chi connectivity index (χ4n) is 3.73. The molecule has 0 bridgehead atoms. The minimum Gasteiger partial charge on any atom is -0.435 e. The highest BCUT2D eigenvalue weighted by Gasteiger charge is 2.28. The number of ether oxygens (including phenoxy) is 1. The predicted molar refractivity (Wildman–Crippen MR) is 131 cm³/mol. The van der Waals surface area contributed by atoms with Crippen LogP contribution in [0.4, 0.5) is 13.2 Å². The molecule has 9 heteroatoms. The molecule has 1 fully saturated rings. The number of carbonyl (C=O) groups is 1. The van der Waals surface area contributed by atoms with Crippen molar-refractivity contribution in [2.75, 3.05) is 21.1 Å². The molecule has 34 heavy (non-hydrogen) atoms. The van der Waals surface area contributed by atoms with E-state index in [1.54, 1.807) is 25.2 Å². The maximum atomic E-state index is 13.6. The van der Waals surface area contributed by atoms with E-state index >= 15 is 0 Å². The number of nitrogens with two attached hydrogens (primary N) is 1. The first-order valence-corrected chi connectivity index (χ1v) is 12.4. The Hall–Kier alpha value is -2.23. The van der Waals surface area contributed by atoms with Gasteiger partial charge in [-0.05, 0) is 96.2 Å². The molecule has 2 aromatic carbocycles. The van der Waals surface area contributed by atoms with Crippen molar-refractivity contribution < 1.29 is 22.7 Å². The Kier molecular flexibility index (Phi) is 10.7. The van der Waals surface area contributed by atoms with E-state index in [1.165, 1.54) is 6.07 Å². The molecule has 1 aliphatic carbocycles. The predicted octanol–water partition coefficient (Wildman–Crippen LogP) is 5.58. The first kappa shape index (κ1) is 28.0. The minimum absolute atomic E-state index is 0.175. The van der Waals surface area contributed by atoms with Crippen LogP contribution in [0.2, 0.25) is 0 Å². The molecule has 0 radical (unpaired) electrons. The second-order valence-electron chi connectivity index (χ2n) is 8.76. The zero-order chi connectivity index (χ0) is 25.4. The van der Waals surface area contributed by atoms with Gasteiger partial charge in [-0.2, -0.15) is 8.78 Å².